The van der Waals surface area contributed by atoms with Crippen LogP contribution in [0.4, 0.5) is 0 Å². The summed E-state index contributed by atoms with van der Waals surface area (Å²) in [5.41, 5.74) is 3.92. The second-order valence-electron chi connectivity index (χ2n) is 5.84. The number of fused-ring (bicyclic) bond motifs is 1. The lowest BCUT2D eigenvalue weighted by Crippen LogP contribution is -2.31. The number of amides is 1. The molecule has 0 aliphatic carbocycles. The molecule has 0 aromatic carbocycles. The maximum absolute atomic E-state index is 12.0. The lowest BCUT2D eigenvalue weighted by molar-refractivity contribution is -0.121. The molecular formula is C17H29Cl2N5O2. The van der Waals surface area contributed by atoms with Gasteiger partial charge in [-0.1, -0.05) is 6.92 Å². The first-order valence-electron chi connectivity index (χ1n) is 8.33. The third-order valence-electron chi connectivity index (χ3n) is 4.19. The molecule has 2 N–H and O–H groups in total. The molecule has 0 atom stereocenters. The molecule has 2 rings (SSSR count). The Kier molecular flexibility index (Phi) is 10.5. The molecule has 1 amide bonds. The van der Waals surface area contributed by atoms with Crippen molar-refractivity contribution in [2.24, 2.45) is 7.05 Å². The number of pyridine rings is 1. The van der Waals surface area contributed by atoms with Crippen LogP contribution in [0.2, 0.25) is 0 Å². The standard InChI is InChI=1S/C17H27N5O2.2ClH/c1-6-18-9-10-19-14(23)8-7-13-11(2)15-16(20-12(13)3)22(4)21-17(15)24-5;;/h18H,6-10H2,1-5H3,(H,19,23);2*1H. The van der Waals surface area contributed by atoms with Crippen LogP contribution in [0.1, 0.15) is 30.2 Å². The van der Waals surface area contributed by atoms with E-state index in [0.29, 0.717) is 25.3 Å². The first-order valence-corrected chi connectivity index (χ1v) is 8.33. The SMILES string of the molecule is CCNCCNC(=O)CCc1c(C)nc2c(c(OC)nn2C)c1C.Cl.Cl. The minimum absolute atomic E-state index is 0. The minimum Gasteiger partial charge on any atom is -0.479 e. The zero-order valence-corrected chi connectivity index (χ0v) is 17.6. The Morgan fingerprint density at radius 1 is 1.23 bits per heavy atom. The van der Waals surface area contributed by atoms with Gasteiger partial charge in [-0.3, -0.25) is 4.79 Å². The molecule has 7 nitrogen and oxygen atoms in total. The highest BCUT2D eigenvalue weighted by molar-refractivity contribution is 5.86. The number of hydrogen-bond acceptors (Lipinski definition) is 5. The molecule has 0 aliphatic rings. The zero-order valence-electron chi connectivity index (χ0n) is 16.0. The molecule has 148 valence electrons. The van der Waals surface area contributed by atoms with Crippen LogP contribution in [0.3, 0.4) is 0 Å². The molecule has 0 aliphatic heterocycles. The van der Waals surface area contributed by atoms with Gasteiger partial charge < -0.3 is 15.4 Å². The molecule has 0 saturated carbocycles. The summed E-state index contributed by atoms with van der Waals surface area (Å²) in [7, 11) is 3.46. The van der Waals surface area contributed by atoms with Gasteiger partial charge in [0.05, 0.1) is 12.5 Å². The smallest absolute Gasteiger partial charge is 0.242 e. The van der Waals surface area contributed by atoms with Crippen LogP contribution in [-0.2, 0) is 18.3 Å². The number of halogens is 2. The molecule has 0 bridgehead atoms. The maximum atomic E-state index is 12.0. The summed E-state index contributed by atoms with van der Waals surface area (Å²) in [5.74, 6) is 0.638. The Bertz CT molecular complexity index is 734. The predicted molar refractivity (Wildman–Crippen MR) is 109 cm³/mol. The van der Waals surface area contributed by atoms with Gasteiger partial charge in [0.25, 0.3) is 0 Å². The van der Waals surface area contributed by atoms with Crippen LogP contribution in [0.5, 0.6) is 5.88 Å². The fourth-order valence-corrected chi connectivity index (χ4v) is 2.90. The summed E-state index contributed by atoms with van der Waals surface area (Å²) in [6.45, 7) is 8.42. The zero-order chi connectivity index (χ0) is 17.7. The summed E-state index contributed by atoms with van der Waals surface area (Å²) in [4.78, 5) is 16.6. The normalized spacial score (nSPS) is 10.2. The van der Waals surface area contributed by atoms with Crippen LogP contribution in [-0.4, -0.2) is 47.4 Å². The Balaban J connectivity index is 0.00000312. The summed E-state index contributed by atoms with van der Waals surface area (Å²) in [6.07, 6.45) is 1.11. The number of methoxy groups -OCH3 is 1. The average Bonchev–Trinajstić information content (AvgIpc) is 2.87. The Labute approximate surface area is 167 Å². The lowest BCUT2D eigenvalue weighted by atomic mass is 10.00. The van der Waals surface area contributed by atoms with Gasteiger partial charge in [0.1, 0.15) is 0 Å². The van der Waals surface area contributed by atoms with Crippen molar-refractivity contribution >= 4 is 41.8 Å². The predicted octanol–water partition coefficient (Wildman–Crippen LogP) is 2.10. The van der Waals surface area contributed by atoms with Crippen LogP contribution in [0.25, 0.3) is 11.0 Å². The van der Waals surface area contributed by atoms with E-state index in [1.54, 1.807) is 11.8 Å². The number of rotatable bonds is 8. The van der Waals surface area contributed by atoms with Crippen LogP contribution >= 0.6 is 24.8 Å². The first-order chi connectivity index (χ1) is 11.5. The van der Waals surface area contributed by atoms with E-state index in [4.69, 9.17) is 4.74 Å². The van der Waals surface area contributed by atoms with E-state index in [1.165, 1.54) is 0 Å². The Morgan fingerprint density at radius 3 is 2.54 bits per heavy atom. The largest absolute Gasteiger partial charge is 0.479 e. The number of ether oxygens (including phenoxy) is 1. The molecule has 0 spiro atoms. The number of aromatic nitrogens is 3. The highest BCUT2D eigenvalue weighted by atomic mass is 35.5. The third kappa shape index (κ3) is 5.46. The average molecular weight is 406 g/mol. The molecule has 0 fully saturated rings. The highest BCUT2D eigenvalue weighted by Gasteiger charge is 2.18. The van der Waals surface area contributed by atoms with Crippen molar-refractivity contribution in [2.45, 2.75) is 33.6 Å². The molecule has 26 heavy (non-hydrogen) atoms. The molecule has 9 heteroatoms. The van der Waals surface area contributed by atoms with E-state index in [0.717, 1.165) is 40.9 Å². The highest BCUT2D eigenvalue weighted by Crippen LogP contribution is 2.30. The molecule has 2 aromatic rings. The lowest BCUT2D eigenvalue weighted by Gasteiger charge is -2.11. The Hall–Kier alpha value is -1.57. The fourth-order valence-electron chi connectivity index (χ4n) is 2.90. The minimum atomic E-state index is 0. The van der Waals surface area contributed by atoms with Gasteiger partial charge in [0.2, 0.25) is 11.8 Å². The van der Waals surface area contributed by atoms with E-state index in [9.17, 15) is 4.79 Å². The van der Waals surface area contributed by atoms with Gasteiger partial charge in [-0.05, 0) is 37.9 Å². The molecule has 0 unspecified atom stereocenters. The number of carbonyl (C=O) groups is 1. The van der Waals surface area contributed by atoms with Crippen LogP contribution < -0.4 is 15.4 Å². The quantitative estimate of drug-likeness (QED) is 0.657. The van der Waals surface area contributed by atoms with Crippen molar-refractivity contribution in [2.75, 3.05) is 26.7 Å². The van der Waals surface area contributed by atoms with Crippen molar-refractivity contribution in [3.05, 3.63) is 16.8 Å². The third-order valence-corrected chi connectivity index (χ3v) is 4.19. The van der Waals surface area contributed by atoms with Crippen molar-refractivity contribution in [1.82, 2.24) is 25.4 Å². The van der Waals surface area contributed by atoms with Gasteiger partial charge in [-0.25, -0.2) is 9.67 Å². The summed E-state index contributed by atoms with van der Waals surface area (Å²) in [5, 5.41) is 11.4. The molecular weight excluding hydrogens is 377 g/mol. The number of aryl methyl sites for hydroxylation is 3. The first kappa shape index (κ1) is 24.4. The second kappa shape index (κ2) is 11.2. The van der Waals surface area contributed by atoms with Crippen LogP contribution in [0, 0.1) is 13.8 Å². The molecule has 0 radical (unpaired) electrons. The second-order valence-corrected chi connectivity index (χ2v) is 5.84. The van der Waals surface area contributed by atoms with E-state index in [-0.39, 0.29) is 30.7 Å². The fraction of sp³-hybridized carbons (Fsp3) is 0.588. The van der Waals surface area contributed by atoms with Gasteiger partial charge >= 0.3 is 0 Å². The van der Waals surface area contributed by atoms with E-state index < -0.39 is 0 Å². The molecule has 2 heterocycles. The summed E-state index contributed by atoms with van der Waals surface area (Å²) in [6, 6.07) is 0. The van der Waals surface area contributed by atoms with E-state index >= 15 is 0 Å². The Morgan fingerprint density at radius 2 is 1.92 bits per heavy atom. The summed E-state index contributed by atoms with van der Waals surface area (Å²) >= 11 is 0. The number of nitrogens with zero attached hydrogens (tertiary/aromatic N) is 3. The van der Waals surface area contributed by atoms with Crippen molar-refractivity contribution in [3.63, 3.8) is 0 Å². The summed E-state index contributed by atoms with van der Waals surface area (Å²) < 4.78 is 7.10. The number of likely N-dealkylation sites (N-methyl/N-ethyl adjacent to an activating group) is 1. The van der Waals surface area contributed by atoms with Crippen LogP contribution in [0.15, 0.2) is 0 Å². The monoisotopic (exact) mass is 405 g/mol. The van der Waals surface area contributed by atoms with E-state index in [1.807, 2.05) is 27.8 Å². The maximum Gasteiger partial charge on any atom is 0.242 e. The molecule has 2 aromatic heterocycles. The van der Waals surface area contributed by atoms with Gasteiger partial charge in [-0.15, -0.1) is 29.9 Å². The number of hydrogen-bond donors (Lipinski definition) is 2. The number of carbonyl (C=O) groups excluding carboxylic acids is 1. The van der Waals surface area contributed by atoms with Crippen molar-refractivity contribution in [1.29, 1.82) is 0 Å². The van der Waals surface area contributed by atoms with Gasteiger partial charge in [0, 0.05) is 32.3 Å². The number of nitrogens with one attached hydrogen (secondary N) is 2. The molecule has 0 saturated heterocycles. The van der Waals surface area contributed by atoms with Crippen molar-refractivity contribution < 1.29 is 9.53 Å². The van der Waals surface area contributed by atoms with Crippen molar-refractivity contribution in [3.8, 4) is 5.88 Å². The van der Waals surface area contributed by atoms with Gasteiger partial charge in [-0.2, -0.15) is 0 Å². The topological polar surface area (TPSA) is 81.1 Å². The van der Waals surface area contributed by atoms with E-state index in [2.05, 4.69) is 20.7 Å². The van der Waals surface area contributed by atoms with Gasteiger partial charge in [0.15, 0.2) is 5.65 Å².